The first kappa shape index (κ1) is 21.4. The minimum absolute atomic E-state index is 0.0188. The summed E-state index contributed by atoms with van der Waals surface area (Å²) >= 11 is 11.6. The summed E-state index contributed by atoms with van der Waals surface area (Å²) in [5.41, 5.74) is 0.361. The third-order valence-electron chi connectivity index (χ3n) is 4.09. The Balaban J connectivity index is 2.06. The normalized spacial score (nSPS) is 12.0. The third kappa shape index (κ3) is 4.51. The van der Waals surface area contributed by atoms with Crippen LogP contribution in [0.3, 0.4) is 0 Å². The summed E-state index contributed by atoms with van der Waals surface area (Å²) in [5, 5.41) is 10.9. The lowest BCUT2D eigenvalue weighted by Gasteiger charge is -2.14. The second-order valence-electron chi connectivity index (χ2n) is 6.15. The van der Waals surface area contributed by atoms with E-state index >= 15 is 0 Å². The van der Waals surface area contributed by atoms with Gasteiger partial charge in [0.1, 0.15) is 10.6 Å². The number of nitrogens with one attached hydrogen (secondary N) is 1. The van der Waals surface area contributed by atoms with E-state index in [2.05, 4.69) is 4.72 Å². The van der Waals surface area contributed by atoms with Crippen molar-refractivity contribution in [3.8, 4) is 5.75 Å². The van der Waals surface area contributed by atoms with Gasteiger partial charge in [0, 0.05) is 10.0 Å². The molecule has 0 saturated heterocycles. The molecule has 3 rings (SSSR count). The molecule has 10 heteroatoms. The molecule has 3 aromatic carbocycles. The van der Waals surface area contributed by atoms with Gasteiger partial charge in [0.2, 0.25) is 9.84 Å². The van der Waals surface area contributed by atoms with Gasteiger partial charge in [-0.15, -0.1) is 0 Å². The van der Waals surface area contributed by atoms with Crippen molar-refractivity contribution >= 4 is 48.7 Å². The molecule has 152 valence electrons. The number of hydrogen-bond donors (Lipinski definition) is 2. The molecule has 0 unspecified atom stereocenters. The second kappa shape index (κ2) is 7.87. The van der Waals surface area contributed by atoms with E-state index in [9.17, 15) is 21.9 Å². The smallest absolute Gasteiger partial charge is 0.261 e. The molecule has 0 radical (unpaired) electrons. The second-order valence-corrected chi connectivity index (χ2v) is 10.6. The van der Waals surface area contributed by atoms with Crippen LogP contribution in [0.4, 0.5) is 5.69 Å². The Kier molecular flexibility index (Phi) is 5.82. The van der Waals surface area contributed by atoms with Gasteiger partial charge in [-0.3, -0.25) is 4.72 Å². The third-order valence-corrected chi connectivity index (χ3v) is 7.77. The van der Waals surface area contributed by atoms with Gasteiger partial charge in [0.25, 0.3) is 10.0 Å². The van der Waals surface area contributed by atoms with Gasteiger partial charge in [-0.05, 0) is 73.2 Å². The van der Waals surface area contributed by atoms with E-state index in [-0.39, 0.29) is 15.5 Å². The monoisotopic (exact) mass is 471 g/mol. The molecule has 0 spiro atoms. The lowest BCUT2D eigenvalue weighted by molar-refractivity contribution is 0.458. The Morgan fingerprint density at radius 2 is 1.28 bits per heavy atom. The highest BCUT2D eigenvalue weighted by Crippen LogP contribution is 2.34. The number of phenols is 1. The molecular formula is C19H15Cl2NO5S2. The number of benzene rings is 3. The van der Waals surface area contributed by atoms with Crippen molar-refractivity contribution in [2.45, 2.75) is 21.6 Å². The number of sulfone groups is 1. The molecule has 0 atom stereocenters. The SMILES string of the molecule is Cc1cc(O)c(S(=O)(=O)c2ccc(Cl)cc2)cc1NS(=O)(=O)c1ccc(Cl)cc1. The first-order chi connectivity index (χ1) is 13.5. The van der Waals surface area contributed by atoms with Crippen LogP contribution in [0.2, 0.25) is 10.0 Å². The van der Waals surface area contributed by atoms with E-state index in [1.54, 1.807) is 0 Å². The number of sulfonamides is 1. The van der Waals surface area contributed by atoms with Crippen LogP contribution in [0, 0.1) is 6.92 Å². The molecule has 0 aliphatic rings. The highest BCUT2D eigenvalue weighted by molar-refractivity contribution is 7.93. The van der Waals surface area contributed by atoms with Crippen LogP contribution in [0.15, 0.2) is 75.4 Å². The highest BCUT2D eigenvalue weighted by Gasteiger charge is 2.24. The maximum atomic E-state index is 12.9. The first-order valence-electron chi connectivity index (χ1n) is 8.13. The minimum atomic E-state index is -4.11. The summed E-state index contributed by atoms with van der Waals surface area (Å²) in [6, 6.07) is 13.2. The summed E-state index contributed by atoms with van der Waals surface area (Å²) in [7, 11) is -8.11. The predicted molar refractivity (Wildman–Crippen MR) is 112 cm³/mol. The highest BCUT2D eigenvalue weighted by atomic mass is 35.5. The van der Waals surface area contributed by atoms with Gasteiger partial charge >= 0.3 is 0 Å². The Morgan fingerprint density at radius 3 is 1.79 bits per heavy atom. The predicted octanol–water partition coefficient (Wildman–Crippen LogP) is 4.64. The van der Waals surface area contributed by atoms with Gasteiger partial charge in [0.15, 0.2) is 0 Å². The van der Waals surface area contributed by atoms with Crippen LogP contribution in [0.1, 0.15) is 5.56 Å². The molecule has 0 amide bonds. The Morgan fingerprint density at radius 1 is 0.793 bits per heavy atom. The van der Waals surface area contributed by atoms with E-state index in [4.69, 9.17) is 23.2 Å². The van der Waals surface area contributed by atoms with Gasteiger partial charge in [0.05, 0.1) is 15.5 Å². The zero-order chi connectivity index (χ0) is 21.4. The molecule has 29 heavy (non-hydrogen) atoms. The van der Waals surface area contributed by atoms with Crippen molar-refractivity contribution in [3.63, 3.8) is 0 Å². The van der Waals surface area contributed by atoms with Gasteiger partial charge in [-0.2, -0.15) is 0 Å². The number of phenolic OH excluding ortho intramolecular Hbond substituents is 1. The molecule has 2 N–H and O–H groups in total. The van der Waals surface area contributed by atoms with E-state index < -0.39 is 30.5 Å². The van der Waals surface area contributed by atoms with Crippen molar-refractivity contribution in [2.24, 2.45) is 0 Å². The quantitative estimate of drug-likeness (QED) is 0.527. The minimum Gasteiger partial charge on any atom is -0.507 e. The van der Waals surface area contributed by atoms with E-state index in [0.717, 1.165) is 6.07 Å². The van der Waals surface area contributed by atoms with Crippen molar-refractivity contribution < 1.29 is 21.9 Å². The zero-order valence-electron chi connectivity index (χ0n) is 14.9. The largest absolute Gasteiger partial charge is 0.507 e. The molecule has 6 nitrogen and oxygen atoms in total. The average molecular weight is 472 g/mol. The lowest BCUT2D eigenvalue weighted by atomic mass is 10.2. The fourth-order valence-electron chi connectivity index (χ4n) is 2.56. The summed E-state index contributed by atoms with van der Waals surface area (Å²) in [4.78, 5) is -0.566. The molecule has 0 aliphatic heterocycles. The first-order valence-corrected chi connectivity index (χ1v) is 11.9. The van der Waals surface area contributed by atoms with E-state index in [1.807, 2.05) is 0 Å². The van der Waals surface area contributed by atoms with Crippen molar-refractivity contribution in [1.82, 2.24) is 0 Å². The van der Waals surface area contributed by atoms with E-state index in [0.29, 0.717) is 15.6 Å². The summed E-state index contributed by atoms with van der Waals surface area (Å²) < 4.78 is 53.4. The number of aromatic hydroxyl groups is 1. The average Bonchev–Trinajstić information content (AvgIpc) is 2.64. The molecule has 0 fully saturated rings. The van der Waals surface area contributed by atoms with E-state index in [1.165, 1.54) is 61.5 Å². The van der Waals surface area contributed by atoms with Crippen LogP contribution in [0.5, 0.6) is 5.75 Å². The van der Waals surface area contributed by atoms with Crippen molar-refractivity contribution in [1.29, 1.82) is 0 Å². The molecular weight excluding hydrogens is 457 g/mol. The van der Waals surface area contributed by atoms with Crippen LogP contribution in [-0.4, -0.2) is 21.9 Å². The summed E-state index contributed by atoms with van der Waals surface area (Å²) in [6.07, 6.45) is 0. The fourth-order valence-corrected chi connectivity index (χ4v) is 5.29. The van der Waals surface area contributed by atoms with Crippen molar-refractivity contribution in [3.05, 3.63) is 76.3 Å². The Hall–Kier alpha value is -2.26. The lowest BCUT2D eigenvalue weighted by Crippen LogP contribution is -2.14. The van der Waals surface area contributed by atoms with Crippen LogP contribution >= 0.6 is 23.2 Å². The summed E-state index contributed by atoms with van der Waals surface area (Å²) in [6.45, 7) is 1.54. The van der Waals surface area contributed by atoms with Crippen LogP contribution < -0.4 is 4.72 Å². The topological polar surface area (TPSA) is 101 Å². The number of anilines is 1. The standard InChI is InChI=1S/C19H15Cl2NO5S2/c1-12-10-18(23)19(28(24,25)15-6-2-13(20)3-7-15)11-17(12)22-29(26,27)16-8-4-14(21)5-9-16/h2-11,22-23H,1H3. The Labute approximate surface area is 178 Å². The van der Waals surface area contributed by atoms with Crippen LogP contribution in [-0.2, 0) is 19.9 Å². The molecule has 0 heterocycles. The number of halogens is 2. The number of hydrogen-bond acceptors (Lipinski definition) is 5. The molecule has 0 aromatic heterocycles. The maximum Gasteiger partial charge on any atom is 0.261 e. The maximum absolute atomic E-state index is 12.9. The van der Waals surface area contributed by atoms with Crippen molar-refractivity contribution in [2.75, 3.05) is 4.72 Å². The zero-order valence-corrected chi connectivity index (χ0v) is 18.1. The number of aryl methyl sites for hydroxylation is 1. The molecule has 0 aliphatic carbocycles. The van der Waals surface area contributed by atoms with Gasteiger partial charge < -0.3 is 5.11 Å². The molecule has 0 bridgehead atoms. The van der Waals surface area contributed by atoms with Gasteiger partial charge in [-0.25, -0.2) is 16.8 Å². The van der Waals surface area contributed by atoms with Crippen LogP contribution in [0.25, 0.3) is 0 Å². The number of rotatable bonds is 5. The molecule has 0 saturated carbocycles. The van der Waals surface area contributed by atoms with Gasteiger partial charge in [-0.1, -0.05) is 23.2 Å². The molecule has 3 aromatic rings. The fraction of sp³-hybridized carbons (Fsp3) is 0.0526. The summed E-state index contributed by atoms with van der Waals surface area (Å²) in [5.74, 6) is -0.494. The Bertz CT molecular complexity index is 1270.